The molecule has 1 aromatic heterocycles. The number of ether oxygens (including phenoxy) is 1. The Hall–Kier alpha value is -1.52. The predicted octanol–water partition coefficient (Wildman–Crippen LogP) is 1.90. The fourth-order valence-corrected chi connectivity index (χ4v) is 3.19. The van der Waals surface area contributed by atoms with Gasteiger partial charge in [0.2, 0.25) is 0 Å². The lowest BCUT2D eigenvalue weighted by atomic mass is 10.1. The molecule has 108 valence electrons. The quantitative estimate of drug-likeness (QED) is 0.926. The summed E-state index contributed by atoms with van der Waals surface area (Å²) in [5.41, 5.74) is 3.94. The van der Waals surface area contributed by atoms with Crippen molar-refractivity contribution in [3.05, 3.63) is 29.5 Å². The highest BCUT2D eigenvalue weighted by atomic mass is 16.5. The van der Waals surface area contributed by atoms with Gasteiger partial charge in [-0.1, -0.05) is 6.07 Å². The molecule has 3 rings (SSSR count). The monoisotopic (exact) mass is 273 g/mol. The lowest BCUT2D eigenvalue weighted by Crippen LogP contribution is -2.42. The van der Waals surface area contributed by atoms with E-state index in [9.17, 15) is 0 Å². The van der Waals surface area contributed by atoms with Crippen LogP contribution < -0.4 is 10.1 Å². The summed E-state index contributed by atoms with van der Waals surface area (Å²) in [7, 11) is 3.85. The van der Waals surface area contributed by atoms with Crippen LogP contribution in [0.4, 0.5) is 0 Å². The second-order valence-electron chi connectivity index (χ2n) is 5.60. The van der Waals surface area contributed by atoms with E-state index in [4.69, 9.17) is 4.74 Å². The molecule has 0 aliphatic carbocycles. The zero-order valence-corrected chi connectivity index (χ0v) is 12.6. The van der Waals surface area contributed by atoms with E-state index >= 15 is 0 Å². The average molecular weight is 273 g/mol. The van der Waals surface area contributed by atoms with Crippen LogP contribution in [0.1, 0.15) is 11.1 Å². The van der Waals surface area contributed by atoms with Gasteiger partial charge in [0.1, 0.15) is 5.75 Å². The first-order chi connectivity index (χ1) is 9.70. The lowest BCUT2D eigenvalue weighted by molar-refractivity contribution is 0.234. The van der Waals surface area contributed by atoms with Crippen LogP contribution in [0, 0.1) is 6.92 Å². The molecule has 0 unspecified atom stereocenters. The highest BCUT2D eigenvalue weighted by Gasteiger charge is 2.17. The molecule has 1 aliphatic heterocycles. The van der Waals surface area contributed by atoms with Gasteiger partial charge >= 0.3 is 0 Å². The van der Waals surface area contributed by atoms with Crippen molar-refractivity contribution in [2.75, 3.05) is 33.3 Å². The molecule has 0 spiro atoms. The predicted molar refractivity (Wildman–Crippen MR) is 82.4 cm³/mol. The van der Waals surface area contributed by atoms with Gasteiger partial charge in [0.25, 0.3) is 0 Å². The molecule has 20 heavy (non-hydrogen) atoms. The first-order valence-corrected chi connectivity index (χ1v) is 7.25. The third-order valence-corrected chi connectivity index (χ3v) is 4.20. The van der Waals surface area contributed by atoms with Gasteiger partial charge in [-0.15, -0.1) is 0 Å². The van der Waals surface area contributed by atoms with E-state index in [0.29, 0.717) is 0 Å². The molecule has 2 heterocycles. The average Bonchev–Trinajstić information content (AvgIpc) is 2.79. The number of piperazine rings is 1. The number of benzene rings is 1. The number of rotatable bonds is 3. The molecule has 0 atom stereocenters. The molecule has 0 saturated carbocycles. The maximum Gasteiger partial charge on any atom is 0.143 e. The molecule has 1 aromatic carbocycles. The molecule has 4 heteroatoms. The van der Waals surface area contributed by atoms with Crippen LogP contribution >= 0.6 is 0 Å². The van der Waals surface area contributed by atoms with Gasteiger partial charge in [0, 0.05) is 51.4 Å². The van der Waals surface area contributed by atoms with Gasteiger partial charge in [-0.25, -0.2) is 0 Å². The van der Waals surface area contributed by atoms with Gasteiger partial charge in [-0.05, 0) is 24.1 Å². The maximum atomic E-state index is 5.52. The minimum Gasteiger partial charge on any atom is -0.495 e. The number of nitrogens with zero attached hydrogens (tertiary/aromatic N) is 2. The topological polar surface area (TPSA) is 29.4 Å². The van der Waals surface area contributed by atoms with Gasteiger partial charge in [0.15, 0.2) is 0 Å². The summed E-state index contributed by atoms with van der Waals surface area (Å²) in [4.78, 5) is 2.52. The summed E-state index contributed by atoms with van der Waals surface area (Å²) in [6.07, 6.45) is 2.25. The SMILES string of the molecule is COc1ccc(C)c2c(CN3CCNCC3)cn(C)c12. The van der Waals surface area contributed by atoms with Crippen molar-refractivity contribution in [2.24, 2.45) is 7.05 Å². The molecule has 1 aliphatic rings. The lowest BCUT2D eigenvalue weighted by Gasteiger charge is -2.27. The summed E-state index contributed by atoms with van der Waals surface area (Å²) >= 11 is 0. The summed E-state index contributed by atoms with van der Waals surface area (Å²) in [6, 6.07) is 4.22. The van der Waals surface area contributed by atoms with Gasteiger partial charge in [-0.2, -0.15) is 0 Å². The highest BCUT2D eigenvalue weighted by Crippen LogP contribution is 2.32. The smallest absolute Gasteiger partial charge is 0.143 e. The molecule has 1 N–H and O–H groups in total. The molecule has 2 aromatic rings. The standard InChI is InChI=1S/C16H23N3O/c1-12-4-5-14(20-3)16-15(12)13(10-18(16)2)11-19-8-6-17-7-9-19/h4-5,10,17H,6-9,11H2,1-3H3. The number of aryl methyl sites for hydroxylation is 2. The van der Waals surface area contributed by atoms with Crippen molar-refractivity contribution in [2.45, 2.75) is 13.5 Å². The van der Waals surface area contributed by atoms with Crippen LogP contribution in [0.25, 0.3) is 10.9 Å². The van der Waals surface area contributed by atoms with Crippen LogP contribution in [-0.2, 0) is 13.6 Å². The number of nitrogens with one attached hydrogen (secondary N) is 1. The largest absolute Gasteiger partial charge is 0.495 e. The summed E-state index contributed by atoms with van der Waals surface area (Å²) in [6.45, 7) is 7.63. The van der Waals surface area contributed by atoms with Crippen LogP contribution in [-0.4, -0.2) is 42.8 Å². The first-order valence-electron chi connectivity index (χ1n) is 7.25. The summed E-state index contributed by atoms with van der Waals surface area (Å²) in [5.74, 6) is 0.958. The Morgan fingerprint density at radius 1 is 1.25 bits per heavy atom. The van der Waals surface area contributed by atoms with Crippen LogP contribution in [0.5, 0.6) is 5.75 Å². The van der Waals surface area contributed by atoms with Crippen LogP contribution in [0.2, 0.25) is 0 Å². The molecule has 1 saturated heterocycles. The zero-order valence-electron chi connectivity index (χ0n) is 12.6. The van der Waals surface area contributed by atoms with Gasteiger partial charge in [0.05, 0.1) is 12.6 Å². The Morgan fingerprint density at radius 2 is 2.00 bits per heavy atom. The normalized spacial score (nSPS) is 16.8. The molecular formula is C16H23N3O. The molecule has 0 radical (unpaired) electrons. The number of hydrogen-bond acceptors (Lipinski definition) is 3. The van der Waals surface area contributed by atoms with Crippen molar-refractivity contribution in [1.82, 2.24) is 14.8 Å². The van der Waals surface area contributed by atoms with Crippen LogP contribution in [0.15, 0.2) is 18.3 Å². The highest BCUT2D eigenvalue weighted by molar-refractivity contribution is 5.91. The van der Waals surface area contributed by atoms with E-state index in [0.717, 1.165) is 38.5 Å². The van der Waals surface area contributed by atoms with Gasteiger partial charge < -0.3 is 14.6 Å². The third kappa shape index (κ3) is 2.30. The van der Waals surface area contributed by atoms with E-state index in [1.54, 1.807) is 7.11 Å². The Bertz CT molecular complexity index is 612. The Balaban J connectivity index is 2.02. The van der Waals surface area contributed by atoms with Crippen molar-refractivity contribution in [3.8, 4) is 5.75 Å². The fraction of sp³-hybridized carbons (Fsp3) is 0.500. The molecular weight excluding hydrogens is 250 g/mol. The van der Waals surface area contributed by atoms with E-state index < -0.39 is 0 Å². The van der Waals surface area contributed by atoms with Gasteiger partial charge in [-0.3, -0.25) is 4.90 Å². The molecule has 4 nitrogen and oxygen atoms in total. The molecule has 0 bridgehead atoms. The van der Waals surface area contributed by atoms with Crippen molar-refractivity contribution in [1.29, 1.82) is 0 Å². The van der Waals surface area contributed by atoms with E-state index in [1.165, 1.54) is 22.0 Å². The Kier molecular flexibility index (Phi) is 3.68. The van der Waals surface area contributed by atoms with E-state index in [-0.39, 0.29) is 0 Å². The van der Waals surface area contributed by atoms with Crippen molar-refractivity contribution >= 4 is 10.9 Å². The maximum absolute atomic E-state index is 5.52. The minimum absolute atomic E-state index is 0.958. The van der Waals surface area contributed by atoms with Crippen molar-refractivity contribution < 1.29 is 4.74 Å². The van der Waals surface area contributed by atoms with Crippen LogP contribution in [0.3, 0.4) is 0 Å². The van der Waals surface area contributed by atoms with E-state index in [1.807, 2.05) is 0 Å². The molecule has 1 fully saturated rings. The van der Waals surface area contributed by atoms with Crippen molar-refractivity contribution in [3.63, 3.8) is 0 Å². The summed E-state index contributed by atoms with van der Waals surface area (Å²) in [5, 5.41) is 4.76. The Morgan fingerprint density at radius 3 is 2.70 bits per heavy atom. The first kappa shape index (κ1) is 13.5. The third-order valence-electron chi connectivity index (χ3n) is 4.20. The second-order valence-corrected chi connectivity index (χ2v) is 5.60. The Labute approximate surface area is 120 Å². The number of hydrogen-bond donors (Lipinski definition) is 1. The fourth-order valence-electron chi connectivity index (χ4n) is 3.19. The zero-order chi connectivity index (χ0) is 14.1. The number of aromatic nitrogens is 1. The van der Waals surface area contributed by atoms with E-state index in [2.05, 4.69) is 47.1 Å². The minimum atomic E-state index is 0.958. The number of fused-ring (bicyclic) bond motifs is 1. The second kappa shape index (κ2) is 5.46. The number of methoxy groups -OCH3 is 1. The summed E-state index contributed by atoms with van der Waals surface area (Å²) < 4.78 is 7.72. The molecule has 0 amide bonds.